The SMILES string of the molecule is CCOC(=O)CCc1cc(OC)c(OCC)cc1Cl.C[PH](c1ccccc1)(c1ccccc1)c1ccccc1. The van der Waals surface area contributed by atoms with Gasteiger partial charge in [0.05, 0.1) is 20.3 Å². The van der Waals surface area contributed by atoms with Gasteiger partial charge in [-0.2, -0.15) is 0 Å². The summed E-state index contributed by atoms with van der Waals surface area (Å²) in [6.45, 7) is 7.04. The number of halogens is 1. The summed E-state index contributed by atoms with van der Waals surface area (Å²) in [4.78, 5) is 11.3. The number of aryl methyl sites for hydroxylation is 1. The van der Waals surface area contributed by atoms with Gasteiger partial charge in [-0.1, -0.05) is 11.6 Å². The Morgan fingerprint density at radius 2 is 1.23 bits per heavy atom. The van der Waals surface area contributed by atoms with Gasteiger partial charge in [-0.3, -0.25) is 4.79 Å². The van der Waals surface area contributed by atoms with Crippen LogP contribution in [-0.2, 0) is 16.0 Å². The van der Waals surface area contributed by atoms with Crippen LogP contribution in [0.1, 0.15) is 25.8 Å². The van der Waals surface area contributed by atoms with Gasteiger partial charge in [-0.05, 0) is 31.9 Å². The number of carbonyl (C=O) groups is 1. The molecule has 0 spiro atoms. The first-order valence-electron chi connectivity index (χ1n) is 13.2. The van der Waals surface area contributed by atoms with Gasteiger partial charge in [0.1, 0.15) is 0 Å². The van der Waals surface area contributed by atoms with Gasteiger partial charge in [0.25, 0.3) is 0 Å². The second kappa shape index (κ2) is 15.3. The predicted molar refractivity (Wildman–Crippen MR) is 167 cm³/mol. The molecule has 0 amide bonds. The molecule has 4 aromatic rings. The molecule has 0 aliphatic rings. The van der Waals surface area contributed by atoms with Crippen LogP contribution in [0.4, 0.5) is 0 Å². The molecular formula is C33H38ClO4P. The van der Waals surface area contributed by atoms with Crippen LogP contribution in [0.2, 0.25) is 5.02 Å². The van der Waals surface area contributed by atoms with E-state index in [1.165, 1.54) is 15.9 Å². The van der Waals surface area contributed by atoms with Crippen LogP contribution in [0.5, 0.6) is 11.5 Å². The van der Waals surface area contributed by atoms with E-state index in [0.29, 0.717) is 42.6 Å². The second-order valence-electron chi connectivity index (χ2n) is 9.06. The van der Waals surface area contributed by atoms with Crippen LogP contribution in [0, 0.1) is 0 Å². The van der Waals surface area contributed by atoms with E-state index in [1.54, 1.807) is 26.2 Å². The van der Waals surface area contributed by atoms with Gasteiger partial charge in [0.15, 0.2) is 11.5 Å². The maximum atomic E-state index is 11.3. The molecular weight excluding hydrogens is 527 g/mol. The Hall–Kier alpha value is -3.33. The van der Waals surface area contributed by atoms with Crippen LogP contribution < -0.4 is 25.4 Å². The minimum atomic E-state index is -1.88. The molecule has 0 bridgehead atoms. The molecule has 0 heterocycles. The Morgan fingerprint density at radius 1 is 0.744 bits per heavy atom. The van der Waals surface area contributed by atoms with E-state index in [-0.39, 0.29) is 5.97 Å². The molecule has 0 unspecified atom stereocenters. The van der Waals surface area contributed by atoms with Crippen LogP contribution in [0.25, 0.3) is 0 Å². The number of benzene rings is 4. The molecule has 6 heteroatoms. The molecule has 0 saturated carbocycles. The van der Waals surface area contributed by atoms with E-state index in [4.69, 9.17) is 25.8 Å². The van der Waals surface area contributed by atoms with Crippen molar-refractivity contribution in [2.45, 2.75) is 26.7 Å². The van der Waals surface area contributed by atoms with E-state index < -0.39 is 7.26 Å². The van der Waals surface area contributed by atoms with E-state index in [9.17, 15) is 4.79 Å². The normalized spacial score (nSPS) is 11.1. The van der Waals surface area contributed by atoms with Crippen LogP contribution in [-0.4, -0.2) is 33.0 Å². The quantitative estimate of drug-likeness (QED) is 0.161. The van der Waals surface area contributed by atoms with E-state index in [0.717, 1.165) is 5.56 Å². The molecule has 0 aliphatic heterocycles. The average Bonchev–Trinajstić information content (AvgIpc) is 2.98. The first-order valence-corrected chi connectivity index (χ1v) is 16.1. The molecule has 4 nitrogen and oxygen atoms in total. The molecule has 4 aromatic carbocycles. The van der Waals surface area contributed by atoms with E-state index >= 15 is 0 Å². The monoisotopic (exact) mass is 564 g/mol. The predicted octanol–water partition coefficient (Wildman–Crippen LogP) is 6.59. The molecule has 0 aromatic heterocycles. The first-order chi connectivity index (χ1) is 18.9. The second-order valence-corrected chi connectivity index (χ2v) is 13.4. The summed E-state index contributed by atoms with van der Waals surface area (Å²) in [6, 6.07) is 36.3. The zero-order valence-electron chi connectivity index (χ0n) is 23.2. The van der Waals surface area contributed by atoms with E-state index in [2.05, 4.69) is 97.7 Å². The number of methoxy groups -OCH3 is 1. The van der Waals surface area contributed by atoms with Gasteiger partial charge >= 0.3 is 127 Å². The van der Waals surface area contributed by atoms with Crippen molar-refractivity contribution in [3.8, 4) is 11.5 Å². The van der Waals surface area contributed by atoms with Crippen molar-refractivity contribution >= 4 is 40.7 Å². The molecule has 0 radical (unpaired) electrons. The number of carbonyl (C=O) groups excluding carboxylic acids is 1. The fraction of sp³-hybridized carbons (Fsp3) is 0.242. The summed E-state index contributed by atoms with van der Waals surface area (Å²) in [5.74, 6) is 0.992. The Labute approximate surface area is 238 Å². The van der Waals surface area contributed by atoms with Gasteiger partial charge in [-0.15, -0.1) is 0 Å². The minimum absolute atomic E-state index is 0.230. The van der Waals surface area contributed by atoms with Gasteiger partial charge in [0, 0.05) is 17.5 Å². The van der Waals surface area contributed by atoms with Gasteiger partial charge in [0.2, 0.25) is 0 Å². The van der Waals surface area contributed by atoms with Gasteiger partial charge in [-0.25, -0.2) is 0 Å². The Bertz CT molecular complexity index is 1200. The molecule has 206 valence electrons. The summed E-state index contributed by atoms with van der Waals surface area (Å²) in [7, 11) is -0.307. The molecule has 0 saturated heterocycles. The topological polar surface area (TPSA) is 44.8 Å². The summed E-state index contributed by atoms with van der Waals surface area (Å²) >= 11 is 6.17. The number of hydrogen-bond donors (Lipinski definition) is 0. The Kier molecular flexibility index (Phi) is 11.9. The van der Waals surface area contributed by atoms with Crippen LogP contribution in [0.15, 0.2) is 103 Å². The summed E-state index contributed by atoms with van der Waals surface area (Å²) in [5.41, 5.74) is 0.843. The Balaban J connectivity index is 0.000000216. The van der Waals surface area contributed by atoms with Crippen molar-refractivity contribution in [2.75, 3.05) is 27.0 Å². The van der Waals surface area contributed by atoms with Gasteiger partial charge < -0.3 is 14.2 Å². The summed E-state index contributed by atoms with van der Waals surface area (Å²) < 4.78 is 15.6. The molecule has 39 heavy (non-hydrogen) atoms. The van der Waals surface area contributed by atoms with Crippen LogP contribution >= 0.6 is 18.9 Å². The number of esters is 1. The molecule has 0 N–H and O–H groups in total. The standard InChI is InChI=1S/C19H19P.C14H19ClO4/c1-20(17-11-5-2-6-12-17,18-13-7-3-8-14-18)19-15-9-4-10-16-19;1-4-18-13-9-11(15)10(8-12(13)17-3)6-7-14(16)19-5-2/h2-16,20H,1H3;8-9H,4-7H2,1-3H3. The van der Waals surface area contributed by atoms with Crippen molar-refractivity contribution in [3.63, 3.8) is 0 Å². The van der Waals surface area contributed by atoms with Crippen molar-refractivity contribution < 1.29 is 19.0 Å². The zero-order chi connectivity index (χ0) is 28.1. The van der Waals surface area contributed by atoms with Crippen molar-refractivity contribution in [1.82, 2.24) is 0 Å². The fourth-order valence-corrected chi connectivity index (χ4v) is 8.31. The number of rotatable bonds is 10. The summed E-state index contributed by atoms with van der Waals surface area (Å²) in [6.07, 6.45) is 0.811. The average molecular weight is 565 g/mol. The third-order valence-electron chi connectivity index (χ3n) is 6.59. The van der Waals surface area contributed by atoms with Crippen molar-refractivity contribution in [2.24, 2.45) is 0 Å². The fourth-order valence-electron chi connectivity index (χ4n) is 4.48. The van der Waals surface area contributed by atoms with E-state index in [1.807, 2.05) is 6.92 Å². The molecule has 4 rings (SSSR count). The maximum absolute atomic E-state index is 11.3. The number of ether oxygens (including phenoxy) is 3. The Morgan fingerprint density at radius 3 is 1.64 bits per heavy atom. The number of hydrogen-bond acceptors (Lipinski definition) is 4. The third kappa shape index (κ3) is 8.08. The zero-order valence-corrected chi connectivity index (χ0v) is 24.9. The van der Waals surface area contributed by atoms with Crippen LogP contribution in [0.3, 0.4) is 0 Å². The first kappa shape index (κ1) is 30.2. The third-order valence-corrected chi connectivity index (χ3v) is 11.4. The van der Waals surface area contributed by atoms with Crippen molar-refractivity contribution in [1.29, 1.82) is 0 Å². The van der Waals surface area contributed by atoms with Crippen molar-refractivity contribution in [3.05, 3.63) is 114 Å². The molecule has 0 fully saturated rings. The molecule has 0 aliphatic carbocycles. The summed E-state index contributed by atoms with van der Waals surface area (Å²) in [5, 5.41) is 4.93. The molecule has 0 atom stereocenters.